The highest BCUT2D eigenvalue weighted by Crippen LogP contribution is 2.26. The normalized spacial score (nSPS) is 19.3. The van der Waals surface area contributed by atoms with Crippen LogP contribution in [0.25, 0.3) is 0 Å². The van der Waals surface area contributed by atoms with Gasteiger partial charge in [0.15, 0.2) is 0 Å². The molecule has 0 aromatic heterocycles. The number of hydrogen-bond donors (Lipinski definition) is 0. The Bertz CT molecular complexity index is 221. The van der Waals surface area contributed by atoms with Crippen LogP contribution in [0, 0.1) is 5.92 Å². The Hall–Kier alpha value is -0.380. The fourth-order valence-corrected chi connectivity index (χ4v) is 2.87. The van der Waals surface area contributed by atoms with E-state index < -0.39 is 0 Å². The third-order valence-electron chi connectivity index (χ3n) is 4.40. The summed E-state index contributed by atoms with van der Waals surface area (Å²) in [6.07, 6.45) is 8.95. The molecule has 1 aliphatic heterocycles. The molecule has 0 unspecified atom stereocenters. The minimum absolute atomic E-state index is 0. The Morgan fingerprint density at radius 3 is 1.95 bits per heavy atom. The maximum Gasteiger partial charge on any atom is 0.00923 e. The van der Waals surface area contributed by atoms with Crippen LogP contribution >= 0.6 is 0 Å². The van der Waals surface area contributed by atoms with Crippen molar-refractivity contribution >= 4 is 0 Å². The van der Waals surface area contributed by atoms with Gasteiger partial charge in [-0.1, -0.05) is 33.3 Å². The Morgan fingerprint density at radius 1 is 1.14 bits per heavy atom. The summed E-state index contributed by atoms with van der Waals surface area (Å²) in [5.74, 6) is 0.971. The first-order valence-corrected chi connectivity index (χ1v) is 8.70. The van der Waals surface area contributed by atoms with E-state index in [2.05, 4.69) is 30.4 Å². The van der Waals surface area contributed by atoms with Crippen molar-refractivity contribution in [2.75, 3.05) is 33.2 Å². The lowest BCUT2D eigenvalue weighted by atomic mass is 9.89. The van der Waals surface area contributed by atoms with Crippen molar-refractivity contribution in [2.24, 2.45) is 5.92 Å². The quantitative estimate of drug-likeness (QED) is 0.744. The molecule has 3 nitrogen and oxygen atoms in total. The zero-order valence-corrected chi connectivity index (χ0v) is 15.2. The van der Waals surface area contributed by atoms with Crippen molar-refractivity contribution < 1.29 is 5.48 Å². The van der Waals surface area contributed by atoms with Gasteiger partial charge in [-0.2, -0.15) is 0 Å². The second-order valence-corrected chi connectivity index (χ2v) is 5.81. The van der Waals surface area contributed by atoms with E-state index in [1.54, 1.807) is 6.08 Å². The fraction of sp³-hybridized carbons (Fsp3) is 0.889. The third kappa shape index (κ3) is 9.28. The van der Waals surface area contributed by atoms with Gasteiger partial charge in [0, 0.05) is 12.6 Å². The van der Waals surface area contributed by atoms with Gasteiger partial charge in [-0.15, -0.1) is 6.58 Å². The van der Waals surface area contributed by atoms with Crippen LogP contribution in [0.5, 0.6) is 0 Å². The van der Waals surface area contributed by atoms with E-state index in [1.165, 1.54) is 58.3 Å². The van der Waals surface area contributed by atoms with Crippen molar-refractivity contribution in [3.8, 4) is 0 Å². The first-order chi connectivity index (χ1) is 9.71. The fourth-order valence-electron chi connectivity index (χ4n) is 2.87. The van der Waals surface area contributed by atoms with E-state index in [1.807, 2.05) is 20.8 Å². The van der Waals surface area contributed by atoms with Gasteiger partial charge in [0.2, 0.25) is 0 Å². The van der Waals surface area contributed by atoms with E-state index in [0.29, 0.717) is 0 Å². The van der Waals surface area contributed by atoms with Gasteiger partial charge in [0.05, 0.1) is 0 Å². The first kappa shape index (κ1) is 22.9. The Morgan fingerprint density at radius 2 is 1.62 bits per heavy atom. The molecule has 0 bridgehead atoms. The van der Waals surface area contributed by atoms with Gasteiger partial charge in [-0.25, -0.2) is 0 Å². The predicted octanol–water partition coefficient (Wildman–Crippen LogP) is 3.60. The van der Waals surface area contributed by atoms with E-state index in [0.717, 1.165) is 12.0 Å². The molecule has 2 rings (SSSR count). The van der Waals surface area contributed by atoms with Crippen LogP contribution in [0.4, 0.5) is 0 Å². The van der Waals surface area contributed by atoms with Crippen LogP contribution in [-0.2, 0) is 0 Å². The van der Waals surface area contributed by atoms with Crippen LogP contribution in [0.3, 0.4) is 0 Å². The molecule has 0 radical (unpaired) electrons. The molecule has 1 saturated carbocycles. The molecule has 1 saturated heterocycles. The average molecular weight is 301 g/mol. The lowest BCUT2D eigenvalue weighted by Gasteiger charge is -2.39. The Balaban J connectivity index is 0. The summed E-state index contributed by atoms with van der Waals surface area (Å²) in [5.41, 5.74) is 0. The van der Waals surface area contributed by atoms with Gasteiger partial charge < -0.3 is 15.3 Å². The van der Waals surface area contributed by atoms with E-state index >= 15 is 0 Å². The summed E-state index contributed by atoms with van der Waals surface area (Å²) in [6.45, 7) is 16.8. The van der Waals surface area contributed by atoms with Gasteiger partial charge in [0.1, 0.15) is 0 Å². The molecule has 0 aromatic rings. The molecule has 21 heavy (non-hydrogen) atoms. The van der Waals surface area contributed by atoms with Crippen molar-refractivity contribution in [1.29, 1.82) is 0 Å². The number of piperidine rings is 1. The number of rotatable bonds is 4. The highest BCUT2D eigenvalue weighted by atomic mass is 16.0. The standard InChI is InChI=1S/C13H26N2.C3H6.C2H6.H2O/c1-3-15-9-7-12(8-10-15)11-14(2)13-5-4-6-13;1-3-2;1-2;/h12-13H,3-11H2,1-2H3;3H,1H2,2H3;1-2H3;1H2. The minimum atomic E-state index is 0. The Kier molecular flexibility index (Phi) is 15.9. The van der Waals surface area contributed by atoms with Crippen LogP contribution in [-0.4, -0.2) is 54.5 Å². The highest BCUT2D eigenvalue weighted by Gasteiger charge is 2.25. The molecule has 0 aromatic carbocycles. The predicted molar refractivity (Wildman–Crippen MR) is 95.9 cm³/mol. The molecule has 2 aliphatic rings. The van der Waals surface area contributed by atoms with E-state index in [4.69, 9.17) is 0 Å². The largest absolute Gasteiger partial charge is 0.412 e. The van der Waals surface area contributed by atoms with Crippen molar-refractivity contribution in [3.63, 3.8) is 0 Å². The summed E-state index contributed by atoms with van der Waals surface area (Å²) in [5, 5.41) is 0. The molecular weight excluding hydrogens is 260 g/mol. The summed E-state index contributed by atoms with van der Waals surface area (Å²) in [6, 6.07) is 0.925. The second kappa shape index (κ2) is 14.6. The average Bonchev–Trinajstić information content (AvgIpc) is 2.41. The molecule has 1 aliphatic carbocycles. The van der Waals surface area contributed by atoms with Gasteiger partial charge in [-0.3, -0.25) is 0 Å². The van der Waals surface area contributed by atoms with Crippen LogP contribution < -0.4 is 0 Å². The maximum absolute atomic E-state index is 3.36. The molecule has 3 heteroatoms. The molecule has 128 valence electrons. The zero-order valence-electron chi connectivity index (χ0n) is 15.2. The molecule has 2 fully saturated rings. The van der Waals surface area contributed by atoms with Crippen molar-refractivity contribution in [3.05, 3.63) is 12.7 Å². The number of likely N-dealkylation sites (tertiary alicyclic amines) is 1. The zero-order chi connectivity index (χ0) is 15.4. The summed E-state index contributed by atoms with van der Waals surface area (Å²) >= 11 is 0. The number of nitrogens with zero attached hydrogens (tertiary/aromatic N) is 2. The molecule has 2 N–H and O–H groups in total. The third-order valence-corrected chi connectivity index (χ3v) is 4.40. The van der Waals surface area contributed by atoms with Gasteiger partial charge >= 0.3 is 0 Å². The number of hydrogen-bond acceptors (Lipinski definition) is 2. The first-order valence-electron chi connectivity index (χ1n) is 8.70. The SMILES string of the molecule is C=CC.CC.CCN1CCC(CN(C)C2CCC2)CC1.O. The molecule has 0 amide bonds. The smallest absolute Gasteiger partial charge is 0.00923 e. The van der Waals surface area contributed by atoms with Crippen LogP contribution in [0.2, 0.25) is 0 Å². The van der Waals surface area contributed by atoms with Crippen LogP contribution in [0.1, 0.15) is 59.8 Å². The lowest BCUT2D eigenvalue weighted by Crippen LogP contribution is -2.43. The van der Waals surface area contributed by atoms with E-state index in [9.17, 15) is 0 Å². The van der Waals surface area contributed by atoms with E-state index in [-0.39, 0.29) is 5.48 Å². The summed E-state index contributed by atoms with van der Waals surface area (Å²) in [7, 11) is 2.33. The summed E-state index contributed by atoms with van der Waals surface area (Å²) < 4.78 is 0. The molecule has 1 heterocycles. The minimum Gasteiger partial charge on any atom is -0.412 e. The maximum atomic E-state index is 3.36. The Labute approximate surface area is 133 Å². The second-order valence-electron chi connectivity index (χ2n) is 5.81. The molecule has 0 atom stereocenters. The number of allylic oxidation sites excluding steroid dienone is 1. The monoisotopic (exact) mass is 300 g/mol. The molecular formula is C18H40N2O. The molecule has 0 spiro atoms. The van der Waals surface area contributed by atoms with Crippen molar-refractivity contribution in [2.45, 2.75) is 65.8 Å². The lowest BCUT2D eigenvalue weighted by molar-refractivity contribution is 0.106. The van der Waals surface area contributed by atoms with Crippen molar-refractivity contribution in [1.82, 2.24) is 9.80 Å². The van der Waals surface area contributed by atoms with Crippen LogP contribution in [0.15, 0.2) is 12.7 Å². The van der Waals surface area contributed by atoms with Gasteiger partial charge in [0.25, 0.3) is 0 Å². The highest BCUT2D eigenvalue weighted by molar-refractivity contribution is 4.81. The van der Waals surface area contributed by atoms with Gasteiger partial charge in [-0.05, 0) is 65.2 Å². The summed E-state index contributed by atoms with van der Waals surface area (Å²) in [4.78, 5) is 5.20. The topological polar surface area (TPSA) is 38.0 Å².